The first-order chi connectivity index (χ1) is 7.79. The van der Waals surface area contributed by atoms with E-state index in [1.807, 2.05) is 12.1 Å². The topological polar surface area (TPSA) is 61.0 Å². The van der Waals surface area contributed by atoms with Gasteiger partial charge in [0.15, 0.2) is 0 Å². The average Bonchev–Trinajstić information content (AvgIpc) is 2.33. The summed E-state index contributed by atoms with van der Waals surface area (Å²) >= 11 is 0. The molecule has 0 aliphatic heterocycles. The highest BCUT2D eigenvalue weighted by Gasteiger charge is 2.23. The molecule has 2 unspecified atom stereocenters. The summed E-state index contributed by atoms with van der Waals surface area (Å²) in [4.78, 5) is 0. The van der Waals surface area contributed by atoms with Crippen LogP contribution in [0.3, 0.4) is 0 Å². The molecule has 1 aromatic rings. The Labute approximate surface area is 96.2 Å². The Kier molecular flexibility index (Phi) is 3.72. The first kappa shape index (κ1) is 11.3. The lowest BCUT2D eigenvalue weighted by molar-refractivity contribution is 0.0964. The van der Waals surface area contributed by atoms with Crippen molar-refractivity contribution in [2.45, 2.75) is 45.3 Å². The molecule has 2 atom stereocenters. The van der Waals surface area contributed by atoms with E-state index in [2.05, 4.69) is 17.1 Å². The Morgan fingerprint density at radius 3 is 2.75 bits per heavy atom. The molecule has 1 aliphatic rings. The van der Waals surface area contributed by atoms with Crippen LogP contribution in [0.25, 0.3) is 0 Å². The van der Waals surface area contributed by atoms with E-state index in [-0.39, 0.29) is 0 Å². The van der Waals surface area contributed by atoms with Crippen molar-refractivity contribution in [1.29, 1.82) is 0 Å². The van der Waals surface area contributed by atoms with Crippen LogP contribution in [0.4, 0.5) is 0 Å². The van der Waals surface area contributed by atoms with Gasteiger partial charge >= 0.3 is 0 Å². The second-order valence-electron chi connectivity index (χ2n) is 4.49. The summed E-state index contributed by atoms with van der Waals surface area (Å²) in [7, 11) is 0. The molecule has 0 aromatic carbocycles. The Morgan fingerprint density at radius 2 is 2.12 bits per heavy atom. The first-order valence-electron chi connectivity index (χ1n) is 5.99. The second-order valence-corrected chi connectivity index (χ2v) is 4.49. The molecular weight excluding hydrogens is 202 g/mol. The van der Waals surface area contributed by atoms with E-state index in [0.29, 0.717) is 24.4 Å². The minimum Gasteiger partial charge on any atom is -0.473 e. The van der Waals surface area contributed by atoms with Gasteiger partial charge in [0.1, 0.15) is 6.10 Å². The number of nitrogens with two attached hydrogens (primary N) is 1. The van der Waals surface area contributed by atoms with Crippen molar-refractivity contribution >= 4 is 0 Å². The maximum Gasteiger partial charge on any atom is 0.233 e. The smallest absolute Gasteiger partial charge is 0.233 e. The molecule has 88 valence electrons. The van der Waals surface area contributed by atoms with Crippen LogP contribution in [0, 0.1) is 5.92 Å². The van der Waals surface area contributed by atoms with E-state index in [9.17, 15) is 0 Å². The van der Waals surface area contributed by atoms with Gasteiger partial charge in [0.05, 0.1) is 5.69 Å². The van der Waals surface area contributed by atoms with Gasteiger partial charge in [-0.3, -0.25) is 0 Å². The number of nitrogens with zero attached hydrogens (tertiary/aromatic N) is 2. The van der Waals surface area contributed by atoms with Crippen LogP contribution in [0.2, 0.25) is 0 Å². The Morgan fingerprint density at radius 1 is 1.31 bits per heavy atom. The number of ether oxygens (including phenoxy) is 1. The lowest BCUT2D eigenvalue weighted by atomic mass is 9.88. The van der Waals surface area contributed by atoms with Crippen molar-refractivity contribution in [2.24, 2.45) is 11.7 Å². The number of rotatable bonds is 3. The highest BCUT2D eigenvalue weighted by atomic mass is 16.5. The van der Waals surface area contributed by atoms with Gasteiger partial charge < -0.3 is 10.5 Å². The molecule has 0 radical (unpaired) electrons. The van der Waals surface area contributed by atoms with Gasteiger partial charge in [-0.25, -0.2) is 0 Å². The number of hydrogen-bond acceptors (Lipinski definition) is 4. The highest BCUT2D eigenvalue weighted by Crippen LogP contribution is 2.27. The van der Waals surface area contributed by atoms with Crippen molar-refractivity contribution in [3.63, 3.8) is 0 Å². The molecule has 1 aromatic heterocycles. The predicted octanol–water partition coefficient (Wildman–Crippen LogP) is 1.89. The summed E-state index contributed by atoms with van der Waals surface area (Å²) in [5, 5.41) is 8.01. The summed E-state index contributed by atoms with van der Waals surface area (Å²) in [6.07, 6.45) is 5.24. The molecule has 1 aliphatic carbocycles. The van der Waals surface area contributed by atoms with E-state index < -0.39 is 0 Å². The van der Waals surface area contributed by atoms with E-state index in [0.717, 1.165) is 12.1 Å². The maximum atomic E-state index is 5.85. The van der Waals surface area contributed by atoms with Gasteiger partial charge in [0.2, 0.25) is 5.88 Å². The van der Waals surface area contributed by atoms with Crippen LogP contribution < -0.4 is 10.5 Å². The molecule has 0 saturated heterocycles. The largest absolute Gasteiger partial charge is 0.473 e. The van der Waals surface area contributed by atoms with E-state index in [4.69, 9.17) is 10.5 Å². The van der Waals surface area contributed by atoms with Crippen LogP contribution in [-0.4, -0.2) is 16.3 Å². The van der Waals surface area contributed by atoms with Crippen molar-refractivity contribution in [2.75, 3.05) is 0 Å². The van der Waals surface area contributed by atoms with Gasteiger partial charge in [-0.1, -0.05) is 13.3 Å². The normalized spacial score (nSPS) is 25.4. The molecule has 0 spiro atoms. The van der Waals surface area contributed by atoms with Gasteiger partial charge in [0, 0.05) is 12.6 Å². The zero-order valence-electron chi connectivity index (χ0n) is 9.72. The van der Waals surface area contributed by atoms with Crippen LogP contribution >= 0.6 is 0 Å². The Balaban J connectivity index is 1.96. The molecule has 2 N–H and O–H groups in total. The fourth-order valence-corrected chi connectivity index (χ4v) is 2.13. The third-order valence-electron chi connectivity index (χ3n) is 3.21. The second kappa shape index (κ2) is 5.25. The van der Waals surface area contributed by atoms with Crippen LogP contribution in [0.15, 0.2) is 12.1 Å². The lowest BCUT2D eigenvalue weighted by Crippen LogP contribution is -2.28. The number of hydrogen-bond donors (Lipinski definition) is 1. The van der Waals surface area contributed by atoms with Gasteiger partial charge in [0.25, 0.3) is 0 Å². The molecule has 2 rings (SSSR count). The SMILES string of the molecule is CC1CCCCC1Oc1ccc(CN)nn1. The van der Waals surface area contributed by atoms with Crippen molar-refractivity contribution in [1.82, 2.24) is 10.2 Å². The summed E-state index contributed by atoms with van der Waals surface area (Å²) in [5.74, 6) is 1.24. The molecule has 1 fully saturated rings. The fourth-order valence-electron chi connectivity index (χ4n) is 2.13. The standard InChI is InChI=1S/C12H19N3O/c1-9-4-2-3-5-11(9)16-12-7-6-10(8-13)14-15-12/h6-7,9,11H,2-5,8,13H2,1H3. The van der Waals surface area contributed by atoms with Crippen molar-refractivity contribution < 1.29 is 4.74 Å². The third-order valence-corrected chi connectivity index (χ3v) is 3.21. The van der Waals surface area contributed by atoms with E-state index >= 15 is 0 Å². The molecule has 4 nitrogen and oxygen atoms in total. The molecule has 0 bridgehead atoms. The van der Waals surface area contributed by atoms with Gasteiger partial charge in [-0.15, -0.1) is 5.10 Å². The van der Waals surface area contributed by atoms with Crippen LogP contribution in [0.5, 0.6) is 5.88 Å². The van der Waals surface area contributed by atoms with Gasteiger partial charge in [-0.2, -0.15) is 5.10 Å². The minimum atomic E-state index is 0.298. The Bertz CT molecular complexity index is 326. The van der Waals surface area contributed by atoms with E-state index in [1.54, 1.807) is 0 Å². The molecule has 0 amide bonds. The zero-order chi connectivity index (χ0) is 11.4. The monoisotopic (exact) mass is 221 g/mol. The molecule has 1 saturated carbocycles. The van der Waals surface area contributed by atoms with Crippen LogP contribution in [0.1, 0.15) is 38.3 Å². The van der Waals surface area contributed by atoms with Crippen molar-refractivity contribution in [3.8, 4) is 5.88 Å². The van der Waals surface area contributed by atoms with Gasteiger partial charge in [-0.05, 0) is 31.2 Å². The average molecular weight is 221 g/mol. The summed E-state index contributed by atoms with van der Waals surface area (Å²) in [6, 6.07) is 3.73. The highest BCUT2D eigenvalue weighted by molar-refractivity contribution is 5.11. The molecule has 4 heteroatoms. The minimum absolute atomic E-state index is 0.298. The van der Waals surface area contributed by atoms with Crippen LogP contribution in [-0.2, 0) is 6.54 Å². The summed E-state index contributed by atoms with van der Waals surface area (Å²) in [5.41, 5.74) is 6.26. The molecular formula is C12H19N3O. The first-order valence-corrected chi connectivity index (χ1v) is 5.99. The quantitative estimate of drug-likeness (QED) is 0.846. The zero-order valence-corrected chi connectivity index (χ0v) is 9.72. The predicted molar refractivity (Wildman–Crippen MR) is 62.0 cm³/mol. The number of aromatic nitrogens is 2. The maximum absolute atomic E-state index is 5.85. The molecule has 16 heavy (non-hydrogen) atoms. The lowest BCUT2D eigenvalue weighted by Gasteiger charge is -2.28. The summed E-state index contributed by atoms with van der Waals surface area (Å²) < 4.78 is 5.85. The molecule has 1 heterocycles. The van der Waals surface area contributed by atoms with Crippen molar-refractivity contribution in [3.05, 3.63) is 17.8 Å². The Hall–Kier alpha value is -1.16. The third kappa shape index (κ3) is 2.70. The fraction of sp³-hybridized carbons (Fsp3) is 0.667. The summed E-state index contributed by atoms with van der Waals surface area (Å²) in [6.45, 7) is 2.67. The van der Waals surface area contributed by atoms with E-state index in [1.165, 1.54) is 19.3 Å².